The predicted molar refractivity (Wildman–Crippen MR) is 79.1 cm³/mol. The second kappa shape index (κ2) is 5.17. The summed E-state index contributed by atoms with van der Waals surface area (Å²) >= 11 is 5.90. The van der Waals surface area contributed by atoms with Crippen LogP contribution >= 0.6 is 11.6 Å². The fourth-order valence-corrected chi connectivity index (χ4v) is 2.85. The third kappa shape index (κ3) is 2.49. The van der Waals surface area contributed by atoms with Crippen molar-refractivity contribution in [3.63, 3.8) is 0 Å². The number of carboxylic acid groups (broad SMARTS) is 1. The lowest BCUT2D eigenvalue weighted by Gasteiger charge is -2.13. The van der Waals surface area contributed by atoms with E-state index in [0.717, 1.165) is 29.5 Å². The first kappa shape index (κ1) is 13.0. The summed E-state index contributed by atoms with van der Waals surface area (Å²) in [6.45, 7) is 0. The molecule has 0 aliphatic heterocycles. The smallest absolute Gasteiger partial charge is 0.405 e. The Bertz CT molecular complexity index is 652. The Morgan fingerprint density at radius 3 is 2.55 bits per heavy atom. The molecule has 1 aliphatic rings. The second-order valence-electron chi connectivity index (χ2n) is 4.96. The topological polar surface area (TPSA) is 49.3 Å². The van der Waals surface area contributed by atoms with Crippen molar-refractivity contribution in [1.82, 2.24) is 5.32 Å². The van der Waals surface area contributed by atoms with Crippen molar-refractivity contribution in [2.45, 2.75) is 18.9 Å². The van der Waals surface area contributed by atoms with Crippen LogP contribution in [0.25, 0.3) is 11.1 Å². The number of hydrogen-bond acceptors (Lipinski definition) is 1. The summed E-state index contributed by atoms with van der Waals surface area (Å²) in [6.07, 6.45) is 0.770. The number of nitrogens with one attached hydrogen (secondary N) is 1. The Morgan fingerprint density at radius 1 is 1.15 bits per heavy atom. The number of aryl methyl sites for hydroxylation is 1. The number of rotatable bonds is 2. The lowest BCUT2D eigenvalue weighted by atomic mass is 9.99. The van der Waals surface area contributed by atoms with E-state index < -0.39 is 6.09 Å². The van der Waals surface area contributed by atoms with Gasteiger partial charge in [0.05, 0.1) is 6.04 Å². The van der Waals surface area contributed by atoms with E-state index in [1.54, 1.807) is 0 Å². The lowest BCUT2D eigenvalue weighted by Crippen LogP contribution is -2.24. The van der Waals surface area contributed by atoms with Gasteiger partial charge in [-0.15, -0.1) is 0 Å². The van der Waals surface area contributed by atoms with Gasteiger partial charge in [-0.1, -0.05) is 35.9 Å². The molecule has 0 fully saturated rings. The van der Waals surface area contributed by atoms with E-state index in [4.69, 9.17) is 16.7 Å². The van der Waals surface area contributed by atoms with Crippen LogP contribution in [0.4, 0.5) is 4.79 Å². The van der Waals surface area contributed by atoms with Gasteiger partial charge < -0.3 is 10.4 Å². The normalized spacial score (nSPS) is 16.8. The molecule has 3 nitrogen and oxygen atoms in total. The molecule has 1 aliphatic carbocycles. The minimum absolute atomic E-state index is 0.102. The second-order valence-corrected chi connectivity index (χ2v) is 5.40. The average Bonchev–Trinajstić information content (AvgIpc) is 2.81. The van der Waals surface area contributed by atoms with E-state index in [-0.39, 0.29) is 6.04 Å². The van der Waals surface area contributed by atoms with Crippen LogP contribution in [-0.2, 0) is 6.42 Å². The highest BCUT2D eigenvalue weighted by molar-refractivity contribution is 6.30. The SMILES string of the molecule is O=C(O)NC1CCc2ccc(-c3ccc(Cl)cc3)cc21. The van der Waals surface area contributed by atoms with Crippen molar-refractivity contribution in [2.75, 3.05) is 0 Å². The van der Waals surface area contributed by atoms with Gasteiger partial charge in [0, 0.05) is 5.02 Å². The maximum Gasteiger partial charge on any atom is 0.405 e. The van der Waals surface area contributed by atoms with Crippen molar-refractivity contribution >= 4 is 17.7 Å². The molecule has 3 rings (SSSR count). The highest BCUT2D eigenvalue weighted by atomic mass is 35.5. The highest BCUT2D eigenvalue weighted by Crippen LogP contribution is 2.34. The van der Waals surface area contributed by atoms with Gasteiger partial charge in [-0.05, 0) is 53.3 Å². The number of halogens is 1. The molecule has 102 valence electrons. The minimum atomic E-state index is -0.972. The number of fused-ring (bicyclic) bond motifs is 1. The van der Waals surface area contributed by atoms with Crippen LogP contribution in [0.15, 0.2) is 42.5 Å². The lowest BCUT2D eigenvalue weighted by molar-refractivity contribution is 0.190. The molecular formula is C16H14ClNO2. The predicted octanol–water partition coefficient (Wildman–Crippen LogP) is 4.26. The number of carbonyl (C=O) groups is 1. The first-order valence-corrected chi connectivity index (χ1v) is 6.89. The van der Waals surface area contributed by atoms with Crippen LogP contribution in [0, 0.1) is 0 Å². The van der Waals surface area contributed by atoms with Crippen molar-refractivity contribution in [3.8, 4) is 11.1 Å². The van der Waals surface area contributed by atoms with Crippen LogP contribution < -0.4 is 5.32 Å². The maximum atomic E-state index is 10.8. The molecule has 1 atom stereocenters. The van der Waals surface area contributed by atoms with E-state index in [0.29, 0.717) is 5.02 Å². The molecule has 0 saturated heterocycles. The summed E-state index contributed by atoms with van der Waals surface area (Å²) in [5, 5.41) is 12.2. The molecule has 2 N–H and O–H groups in total. The molecule has 0 radical (unpaired) electrons. The van der Waals surface area contributed by atoms with Crippen LogP contribution in [-0.4, -0.2) is 11.2 Å². The van der Waals surface area contributed by atoms with Gasteiger partial charge >= 0.3 is 6.09 Å². The van der Waals surface area contributed by atoms with Gasteiger partial charge in [0.25, 0.3) is 0 Å². The monoisotopic (exact) mass is 287 g/mol. The third-order valence-corrected chi connectivity index (χ3v) is 3.95. The molecule has 0 bridgehead atoms. The van der Waals surface area contributed by atoms with Crippen LogP contribution in [0.1, 0.15) is 23.6 Å². The summed E-state index contributed by atoms with van der Waals surface area (Å²) in [5.74, 6) is 0. The zero-order valence-corrected chi connectivity index (χ0v) is 11.5. The standard InChI is InChI=1S/C16H14ClNO2/c17-13-6-3-10(4-7-13)12-2-1-11-5-8-15(14(11)9-12)18-16(19)20/h1-4,6-7,9,15,18H,5,8H2,(H,19,20). The zero-order chi connectivity index (χ0) is 14.1. The number of benzene rings is 2. The Labute approximate surface area is 122 Å². The van der Waals surface area contributed by atoms with Gasteiger partial charge in [-0.3, -0.25) is 0 Å². The Hall–Kier alpha value is -2.00. The average molecular weight is 288 g/mol. The molecule has 4 heteroatoms. The number of amides is 1. The van der Waals surface area contributed by atoms with Crippen LogP contribution in [0.2, 0.25) is 5.02 Å². The molecule has 20 heavy (non-hydrogen) atoms. The van der Waals surface area contributed by atoms with Gasteiger partial charge in [0.1, 0.15) is 0 Å². The molecule has 2 aromatic rings. The quantitative estimate of drug-likeness (QED) is 0.867. The molecule has 0 aromatic heterocycles. The summed E-state index contributed by atoms with van der Waals surface area (Å²) in [7, 11) is 0. The van der Waals surface area contributed by atoms with E-state index in [1.807, 2.05) is 24.3 Å². The summed E-state index contributed by atoms with van der Waals surface area (Å²) < 4.78 is 0. The summed E-state index contributed by atoms with van der Waals surface area (Å²) in [6, 6.07) is 13.8. The third-order valence-electron chi connectivity index (χ3n) is 3.70. The Balaban J connectivity index is 1.96. The molecule has 0 spiro atoms. The van der Waals surface area contributed by atoms with Crippen molar-refractivity contribution in [3.05, 3.63) is 58.6 Å². The molecule has 0 saturated carbocycles. The largest absolute Gasteiger partial charge is 0.465 e. The van der Waals surface area contributed by atoms with Gasteiger partial charge in [0.2, 0.25) is 0 Å². The minimum Gasteiger partial charge on any atom is -0.465 e. The van der Waals surface area contributed by atoms with E-state index in [9.17, 15) is 4.79 Å². The molecule has 2 aromatic carbocycles. The first-order chi connectivity index (χ1) is 9.63. The molecule has 1 unspecified atom stereocenters. The Morgan fingerprint density at radius 2 is 1.85 bits per heavy atom. The fraction of sp³-hybridized carbons (Fsp3) is 0.188. The van der Waals surface area contributed by atoms with E-state index in [1.165, 1.54) is 5.56 Å². The first-order valence-electron chi connectivity index (χ1n) is 6.52. The zero-order valence-electron chi connectivity index (χ0n) is 10.8. The van der Waals surface area contributed by atoms with Crippen molar-refractivity contribution in [2.24, 2.45) is 0 Å². The van der Waals surface area contributed by atoms with Crippen LogP contribution in [0.3, 0.4) is 0 Å². The molecule has 0 heterocycles. The van der Waals surface area contributed by atoms with Gasteiger partial charge in [-0.2, -0.15) is 0 Å². The van der Waals surface area contributed by atoms with Crippen molar-refractivity contribution < 1.29 is 9.90 Å². The van der Waals surface area contributed by atoms with Crippen molar-refractivity contribution in [1.29, 1.82) is 0 Å². The maximum absolute atomic E-state index is 10.8. The molecule has 1 amide bonds. The number of hydrogen-bond donors (Lipinski definition) is 2. The molecular weight excluding hydrogens is 274 g/mol. The van der Waals surface area contributed by atoms with Crippen LogP contribution in [0.5, 0.6) is 0 Å². The van der Waals surface area contributed by atoms with Gasteiger partial charge in [0.15, 0.2) is 0 Å². The van der Waals surface area contributed by atoms with E-state index in [2.05, 4.69) is 23.5 Å². The van der Waals surface area contributed by atoms with E-state index >= 15 is 0 Å². The van der Waals surface area contributed by atoms with Gasteiger partial charge in [-0.25, -0.2) is 4.79 Å². The Kier molecular flexibility index (Phi) is 3.36. The summed E-state index contributed by atoms with van der Waals surface area (Å²) in [5.41, 5.74) is 4.47. The highest BCUT2D eigenvalue weighted by Gasteiger charge is 2.24. The fourth-order valence-electron chi connectivity index (χ4n) is 2.72. The summed E-state index contributed by atoms with van der Waals surface area (Å²) in [4.78, 5) is 10.8.